The molecule has 2 aromatic rings. The monoisotopic (exact) mass is 367 g/mol. The van der Waals surface area contributed by atoms with Gasteiger partial charge in [-0.25, -0.2) is 0 Å². The van der Waals surface area contributed by atoms with E-state index in [2.05, 4.69) is 34.5 Å². The standard InChI is InChI=1S/C21H22ClN3O/c22-17-7-5-16(6-8-17)21(26)24-18-10-13-25(14-11-18)20-19-4-2-1-3-15(19)9-12-23-20/h1-8,18H,9-14H2,(H,24,26). The second-order valence-electron chi connectivity index (χ2n) is 6.85. The maximum Gasteiger partial charge on any atom is 0.251 e. The number of hydrogen-bond acceptors (Lipinski definition) is 3. The fraction of sp³-hybridized carbons (Fsp3) is 0.333. The third kappa shape index (κ3) is 3.61. The number of fused-ring (bicyclic) bond motifs is 1. The van der Waals surface area contributed by atoms with Gasteiger partial charge in [0.1, 0.15) is 5.84 Å². The summed E-state index contributed by atoms with van der Waals surface area (Å²) >= 11 is 5.89. The van der Waals surface area contributed by atoms with Crippen LogP contribution >= 0.6 is 11.6 Å². The lowest BCUT2D eigenvalue weighted by Gasteiger charge is -2.36. The van der Waals surface area contributed by atoms with Crippen molar-refractivity contribution in [2.75, 3.05) is 19.6 Å². The van der Waals surface area contributed by atoms with E-state index in [0.29, 0.717) is 10.6 Å². The zero-order valence-electron chi connectivity index (χ0n) is 14.6. The van der Waals surface area contributed by atoms with Gasteiger partial charge in [0.25, 0.3) is 5.91 Å². The molecular formula is C21H22ClN3O. The molecule has 0 saturated carbocycles. The molecule has 4 nitrogen and oxygen atoms in total. The summed E-state index contributed by atoms with van der Waals surface area (Å²) in [6, 6.07) is 15.8. The Morgan fingerprint density at radius 1 is 1.08 bits per heavy atom. The van der Waals surface area contributed by atoms with Crippen LogP contribution in [0.2, 0.25) is 5.02 Å². The average molecular weight is 368 g/mol. The Kier molecular flexibility index (Phi) is 4.93. The molecule has 0 aliphatic carbocycles. The number of rotatable bonds is 2. The van der Waals surface area contributed by atoms with Crippen molar-refractivity contribution in [1.29, 1.82) is 0 Å². The van der Waals surface area contributed by atoms with Gasteiger partial charge in [-0.3, -0.25) is 9.79 Å². The smallest absolute Gasteiger partial charge is 0.251 e. The number of nitrogens with zero attached hydrogens (tertiary/aromatic N) is 2. The first-order chi connectivity index (χ1) is 12.7. The van der Waals surface area contributed by atoms with E-state index in [-0.39, 0.29) is 11.9 Å². The van der Waals surface area contributed by atoms with Gasteiger partial charge in [0, 0.05) is 41.8 Å². The average Bonchev–Trinajstić information content (AvgIpc) is 2.69. The van der Waals surface area contributed by atoms with Gasteiger partial charge in [-0.2, -0.15) is 0 Å². The predicted octanol–water partition coefficient (Wildman–Crippen LogP) is 3.54. The number of amides is 1. The van der Waals surface area contributed by atoms with Gasteiger partial charge < -0.3 is 10.2 Å². The van der Waals surface area contributed by atoms with Crippen LogP contribution in [-0.4, -0.2) is 42.3 Å². The van der Waals surface area contributed by atoms with Crippen LogP contribution in [0.4, 0.5) is 0 Å². The minimum Gasteiger partial charge on any atom is -0.356 e. The Labute approximate surface area is 158 Å². The number of piperidine rings is 1. The Morgan fingerprint density at radius 2 is 1.81 bits per heavy atom. The maximum absolute atomic E-state index is 12.4. The van der Waals surface area contributed by atoms with Crippen LogP contribution in [0.15, 0.2) is 53.5 Å². The van der Waals surface area contributed by atoms with Gasteiger partial charge in [0.05, 0.1) is 0 Å². The van der Waals surface area contributed by atoms with Gasteiger partial charge in [-0.05, 0) is 49.1 Å². The van der Waals surface area contributed by atoms with E-state index in [1.165, 1.54) is 11.1 Å². The van der Waals surface area contributed by atoms with Gasteiger partial charge in [0.15, 0.2) is 0 Å². The second kappa shape index (κ2) is 7.50. The lowest BCUT2D eigenvalue weighted by molar-refractivity contribution is 0.0922. The molecule has 26 heavy (non-hydrogen) atoms. The van der Waals surface area contributed by atoms with Crippen molar-refractivity contribution in [1.82, 2.24) is 10.2 Å². The molecule has 0 bridgehead atoms. The molecule has 134 valence electrons. The summed E-state index contributed by atoms with van der Waals surface area (Å²) in [5, 5.41) is 3.79. The van der Waals surface area contributed by atoms with E-state index >= 15 is 0 Å². The molecular weight excluding hydrogens is 346 g/mol. The van der Waals surface area contributed by atoms with Gasteiger partial charge in [0.2, 0.25) is 0 Å². The largest absolute Gasteiger partial charge is 0.356 e. The topological polar surface area (TPSA) is 44.7 Å². The first-order valence-corrected chi connectivity index (χ1v) is 9.52. The van der Waals surface area contributed by atoms with E-state index in [1.807, 2.05) is 0 Å². The molecule has 1 fully saturated rings. The third-order valence-corrected chi connectivity index (χ3v) is 5.39. The van der Waals surface area contributed by atoms with Crippen molar-refractivity contribution in [3.05, 3.63) is 70.2 Å². The molecule has 0 aromatic heterocycles. The van der Waals surface area contributed by atoms with E-state index in [9.17, 15) is 4.79 Å². The number of likely N-dealkylation sites (tertiary alicyclic amines) is 1. The summed E-state index contributed by atoms with van der Waals surface area (Å²) in [4.78, 5) is 19.5. The number of carbonyl (C=O) groups is 1. The zero-order chi connectivity index (χ0) is 17.9. The Bertz CT molecular complexity index is 823. The molecule has 1 N–H and O–H groups in total. The zero-order valence-corrected chi connectivity index (χ0v) is 15.4. The summed E-state index contributed by atoms with van der Waals surface area (Å²) < 4.78 is 0. The van der Waals surface area contributed by atoms with E-state index in [4.69, 9.17) is 16.6 Å². The molecule has 4 rings (SSSR count). The highest BCUT2D eigenvalue weighted by atomic mass is 35.5. The van der Waals surface area contributed by atoms with Crippen LogP contribution in [0.3, 0.4) is 0 Å². The molecule has 2 heterocycles. The quantitative estimate of drug-likeness (QED) is 0.882. The normalized spacial score (nSPS) is 17.4. The van der Waals surface area contributed by atoms with Crippen molar-refractivity contribution >= 4 is 23.3 Å². The van der Waals surface area contributed by atoms with Gasteiger partial charge >= 0.3 is 0 Å². The number of benzene rings is 2. The minimum atomic E-state index is -0.0273. The summed E-state index contributed by atoms with van der Waals surface area (Å²) in [7, 11) is 0. The van der Waals surface area contributed by atoms with Crippen LogP contribution in [0.1, 0.15) is 34.3 Å². The van der Waals surface area contributed by atoms with E-state index in [0.717, 1.165) is 44.7 Å². The molecule has 0 atom stereocenters. The van der Waals surface area contributed by atoms with Crippen molar-refractivity contribution in [2.24, 2.45) is 4.99 Å². The van der Waals surface area contributed by atoms with Gasteiger partial charge in [-0.15, -0.1) is 0 Å². The number of nitrogens with one attached hydrogen (secondary N) is 1. The van der Waals surface area contributed by atoms with Crippen molar-refractivity contribution in [2.45, 2.75) is 25.3 Å². The molecule has 0 radical (unpaired) electrons. The third-order valence-electron chi connectivity index (χ3n) is 5.14. The lowest BCUT2D eigenvalue weighted by atomic mass is 9.98. The number of carbonyl (C=O) groups excluding carboxylic acids is 1. The Morgan fingerprint density at radius 3 is 2.58 bits per heavy atom. The highest BCUT2D eigenvalue weighted by Crippen LogP contribution is 2.21. The van der Waals surface area contributed by atoms with Crippen molar-refractivity contribution < 1.29 is 4.79 Å². The Hall–Kier alpha value is -2.33. The fourth-order valence-electron chi connectivity index (χ4n) is 3.70. The van der Waals surface area contributed by atoms with E-state index < -0.39 is 0 Å². The second-order valence-corrected chi connectivity index (χ2v) is 7.29. The molecule has 2 aromatic carbocycles. The highest BCUT2D eigenvalue weighted by Gasteiger charge is 2.25. The molecule has 2 aliphatic heterocycles. The van der Waals surface area contributed by atoms with Crippen LogP contribution in [0.25, 0.3) is 0 Å². The minimum absolute atomic E-state index is 0.0273. The van der Waals surface area contributed by atoms with Crippen molar-refractivity contribution in [3.8, 4) is 0 Å². The summed E-state index contributed by atoms with van der Waals surface area (Å²) in [5.41, 5.74) is 3.31. The van der Waals surface area contributed by atoms with Crippen molar-refractivity contribution in [3.63, 3.8) is 0 Å². The molecule has 2 aliphatic rings. The molecule has 0 spiro atoms. The molecule has 5 heteroatoms. The lowest BCUT2D eigenvalue weighted by Crippen LogP contribution is -2.47. The molecule has 1 amide bonds. The number of halogens is 1. The summed E-state index contributed by atoms with van der Waals surface area (Å²) in [6.45, 7) is 2.69. The number of hydrogen-bond donors (Lipinski definition) is 1. The van der Waals surface area contributed by atoms with Crippen LogP contribution in [-0.2, 0) is 6.42 Å². The van der Waals surface area contributed by atoms with Crippen LogP contribution in [0.5, 0.6) is 0 Å². The highest BCUT2D eigenvalue weighted by molar-refractivity contribution is 6.30. The SMILES string of the molecule is O=C(NC1CCN(C2=NCCc3ccccc32)CC1)c1ccc(Cl)cc1. The molecule has 0 unspecified atom stereocenters. The number of amidine groups is 1. The molecule has 1 saturated heterocycles. The Balaban J connectivity index is 1.37. The first-order valence-electron chi connectivity index (χ1n) is 9.15. The van der Waals surface area contributed by atoms with Gasteiger partial charge in [-0.1, -0.05) is 35.9 Å². The van der Waals surface area contributed by atoms with Crippen LogP contribution in [0, 0.1) is 0 Å². The predicted molar refractivity (Wildman–Crippen MR) is 105 cm³/mol. The summed E-state index contributed by atoms with van der Waals surface area (Å²) in [5.74, 6) is 1.09. The van der Waals surface area contributed by atoms with E-state index in [1.54, 1.807) is 24.3 Å². The van der Waals surface area contributed by atoms with Crippen LogP contribution < -0.4 is 5.32 Å². The maximum atomic E-state index is 12.4. The first kappa shape index (κ1) is 17.1. The number of aliphatic imine (C=N–C) groups is 1. The fourth-order valence-corrected chi connectivity index (χ4v) is 3.83. The summed E-state index contributed by atoms with van der Waals surface area (Å²) in [6.07, 6.45) is 2.88.